The van der Waals surface area contributed by atoms with Crippen LogP contribution in [0.25, 0.3) is 10.9 Å². The third kappa shape index (κ3) is 3.11. The zero-order valence-electron chi connectivity index (χ0n) is 13.2. The number of para-hydroxylation sites is 1. The number of rotatable bonds is 5. The molecule has 0 aliphatic rings. The molecule has 112 valence electrons. The van der Waals surface area contributed by atoms with Crippen molar-refractivity contribution in [1.82, 2.24) is 4.98 Å². The summed E-state index contributed by atoms with van der Waals surface area (Å²) in [6.07, 6.45) is 1.97. The van der Waals surface area contributed by atoms with Gasteiger partial charge >= 0.3 is 0 Å². The predicted octanol–water partition coefficient (Wildman–Crippen LogP) is 4.94. The number of aromatic nitrogens is 1. The van der Waals surface area contributed by atoms with Crippen LogP contribution in [0, 0.1) is 0 Å². The van der Waals surface area contributed by atoms with Gasteiger partial charge in [0.05, 0.1) is 5.52 Å². The van der Waals surface area contributed by atoms with Crippen molar-refractivity contribution in [3.63, 3.8) is 0 Å². The van der Waals surface area contributed by atoms with Gasteiger partial charge in [-0.25, -0.2) is 0 Å². The molecular formula is C20H21NO. The molecule has 2 nitrogen and oxygen atoms in total. The van der Waals surface area contributed by atoms with Crippen molar-refractivity contribution in [3.05, 3.63) is 71.4 Å². The lowest BCUT2D eigenvalue weighted by Crippen LogP contribution is -1.98. The van der Waals surface area contributed by atoms with E-state index in [1.807, 2.05) is 18.2 Å². The van der Waals surface area contributed by atoms with E-state index < -0.39 is 0 Å². The quantitative estimate of drug-likeness (QED) is 0.664. The Morgan fingerprint density at radius 1 is 0.864 bits per heavy atom. The van der Waals surface area contributed by atoms with Gasteiger partial charge in [-0.3, -0.25) is 4.98 Å². The Morgan fingerprint density at radius 2 is 1.59 bits per heavy atom. The van der Waals surface area contributed by atoms with E-state index in [1.54, 1.807) is 0 Å². The zero-order valence-corrected chi connectivity index (χ0v) is 13.2. The van der Waals surface area contributed by atoms with E-state index in [1.165, 1.54) is 11.1 Å². The van der Waals surface area contributed by atoms with Crippen LogP contribution in [0.3, 0.4) is 0 Å². The summed E-state index contributed by atoms with van der Waals surface area (Å²) >= 11 is 0. The standard InChI is InChI=1S/C20H21NO/c1-3-15-9-11-16(12-10-15)14-22-20-13-17(4-2)21-19-8-6-5-7-18(19)20/h5-13H,3-4,14H2,1-2H3. The summed E-state index contributed by atoms with van der Waals surface area (Å²) < 4.78 is 6.08. The first-order valence-corrected chi connectivity index (χ1v) is 7.89. The van der Waals surface area contributed by atoms with Gasteiger partial charge < -0.3 is 4.74 Å². The zero-order chi connectivity index (χ0) is 15.4. The van der Waals surface area contributed by atoms with Crippen LogP contribution in [0.15, 0.2) is 54.6 Å². The number of pyridine rings is 1. The molecule has 0 radical (unpaired) electrons. The van der Waals surface area contributed by atoms with Crippen LogP contribution in [-0.4, -0.2) is 4.98 Å². The molecule has 3 aromatic rings. The van der Waals surface area contributed by atoms with Crippen LogP contribution in [0.2, 0.25) is 0 Å². The summed E-state index contributed by atoms with van der Waals surface area (Å²) in [5, 5.41) is 1.07. The molecule has 0 N–H and O–H groups in total. The molecule has 0 spiro atoms. The molecule has 2 heteroatoms. The lowest BCUT2D eigenvalue weighted by atomic mass is 10.1. The highest BCUT2D eigenvalue weighted by Gasteiger charge is 2.06. The second kappa shape index (κ2) is 6.61. The van der Waals surface area contributed by atoms with Crippen LogP contribution in [0.5, 0.6) is 5.75 Å². The molecular weight excluding hydrogens is 270 g/mol. The minimum Gasteiger partial charge on any atom is -0.488 e. The highest BCUT2D eigenvalue weighted by Crippen LogP contribution is 2.26. The first-order chi connectivity index (χ1) is 10.8. The van der Waals surface area contributed by atoms with Crippen molar-refractivity contribution in [2.24, 2.45) is 0 Å². The Morgan fingerprint density at radius 3 is 2.32 bits per heavy atom. The van der Waals surface area contributed by atoms with Crippen LogP contribution in [-0.2, 0) is 19.4 Å². The summed E-state index contributed by atoms with van der Waals surface area (Å²) in [6, 6.07) is 18.8. The Balaban J connectivity index is 1.86. The lowest BCUT2D eigenvalue weighted by molar-refractivity contribution is 0.309. The highest BCUT2D eigenvalue weighted by atomic mass is 16.5. The van der Waals surface area contributed by atoms with Gasteiger partial charge in [-0.1, -0.05) is 50.2 Å². The number of aryl methyl sites for hydroxylation is 2. The topological polar surface area (TPSA) is 22.1 Å². The molecule has 3 rings (SSSR count). The molecule has 0 saturated carbocycles. The van der Waals surface area contributed by atoms with Gasteiger partial charge in [0.2, 0.25) is 0 Å². The normalized spacial score (nSPS) is 10.8. The minimum atomic E-state index is 0.584. The predicted molar refractivity (Wildman–Crippen MR) is 91.3 cm³/mol. The lowest BCUT2D eigenvalue weighted by Gasteiger charge is -2.11. The second-order valence-electron chi connectivity index (χ2n) is 5.44. The number of hydrogen-bond acceptors (Lipinski definition) is 2. The van der Waals surface area contributed by atoms with Crippen molar-refractivity contribution in [1.29, 1.82) is 0 Å². The van der Waals surface area contributed by atoms with Gasteiger partial charge in [-0.15, -0.1) is 0 Å². The Kier molecular flexibility index (Phi) is 4.38. The molecule has 0 aliphatic carbocycles. The summed E-state index contributed by atoms with van der Waals surface area (Å²) in [5.74, 6) is 0.919. The summed E-state index contributed by atoms with van der Waals surface area (Å²) in [7, 11) is 0. The highest BCUT2D eigenvalue weighted by molar-refractivity contribution is 5.85. The van der Waals surface area contributed by atoms with Crippen LogP contribution < -0.4 is 4.74 Å². The van der Waals surface area contributed by atoms with Crippen molar-refractivity contribution in [2.75, 3.05) is 0 Å². The smallest absolute Gasteiger partial charge is 0.131 e. The third-order valence-corrected chi connectivity index (χ3v) is 3.92. The molecule has 1 heterocycles. The maximum Gasteiger partial charge on any atom is 0.131 e. The van der Waals surface area contributed by atoms with Crippen LogP contribution in [0.1, 0.15) is 30.7 Å². The van der Waals surface area contributed by atoms with Gasteiger partial charge in [0.25, 0.3) is 0 Å². The van der Waals surface area contributed by atoms with E-state index in [0.29, 0.717) is 6.61 Å². The number of ether oxygens (including phenoxy) is 1. The fraction of sp³-hybridized carbons (Fsp3) is 0.250. The van der Waals surface area contributed by atoms with Crippen molar-refractivity contribution >= 4 is 10.9 Å². The fourth-order valence-electron chi connectivity index (χ4n) is 2.53. The second-order valence-corrected chi connectivity index (χ2v) is 5.44. The third-order valence-electron chi connectivity index (χ3n) is 3.92. The molecule has 0 saturated heterocycles. The molecule has 22 heavy (non-hydrogen) atoms. The van der Waals surface area contributed by atoms with E-state index in [-0.39, 0.29) is 0 Å². The molecule has 1 aromatic heterocycles. The average Bonchev–Trinajstić information content (AvgIpc) is 2.59. The van der Waals surface area contributed by atoms with Gasteiger partial charge in [0, 0.05) is 17.1 Å². The maximum atomic E-state index is 6.08. The molecule has 0 unspecified atom stereocenters. The van der Waals surface area contributed by atoms with Crippen LogP contribution >= 0.6 is 0 Å². The van der Waals surface area contributed by atoms with Gasteiger partial charge in [-0.05, 0) is 36.1 Å². The monoisotopic (exact) mass is 291 g/mol. The van der Waals surface area contributed by atoms with Crippen molar-refractivity contribution in [2.45, 2.75) is 33.3 Å². The summed E-state index contributed by atoms with van der Waals surface area (Å²) in [4.78, 5) is 4.65. The van der Waals surface area contributed by atoms with Crippen molar-refractivity contribution in [3.8, 4) is 5.75 Å². The van der Waals surface area contributed by atoms with Crippen LogP contribution in [0.4, 0.5) is 0 Å². The maximum absolute atomic E-state index is 6.08. The van der Waals surface area contributed by atoms with E-state index in [0.717, 1.165) is 35.2 Å². The fourth-order valence-corrected chi connectivity index (χ4v) is 2.53. The first-order valence-electron chi connectivity index (χ1n) is 7.89. The molecule has 2 aromatic carbocycles. The SMILES string of the molecule is CCc1ccc(COc2cc(CC)nc3ccccc23)cc1. The van der Waals surface area contributed by atoms with Crippen molar-refractivity contribution < 1.29 is 4.74 Å². The van der Waals surface area contributed by atoms with E-state index in [9.17, 15) is 0 Å². The van der Waals surface area contributed by atoms with E-state index in [4.69, 9.17) is 4.74 Å². The van der Waals surface area contributed by atoms with Gasteiger partial charge in [0.1, 0.15) is 12.4 Å². The number of fused-ring (bicyclic) bond motifs is 1. The number of hydrogen-bond donors (Lipinski definition) is 0. The molecule has 0 bridgehead atoms. The van der Waals surface area contributed by atoms with Gasteiger partial charge in [-0.2, -0.15) is 0 Å². The summed E-state index contributed by atoms with van der Waals surface area (Å²) in [6.45, 7) is 4.87. The average molecular weight is 291 g/mol. The molecule has 0 fully saturated rings. The molecule has 0 atom stereocenters. The van der Waals surface area contributed by atoms with Gasteiger partial charge in [0.15, 0.2) is 0 Å². The largest absolute Gasteiger partial charge is 0.488 e. The Hall–Kier alpha value is -2.35. The molecule has 0 amide bonds. The minimum absolute atomic E-state index is 0.584. The van der Waals surface area contributed by atoms with E-state index in [2.05, 4.69) is 55.2 Å². The molecule has 0 aliphatic heterocycles. The Bertz CT molecular complexity index is 762. The summed E-state index contributed by atoms with van der Waals surface area (Å²) in [5.41, 5.74) is 4.61. The van der Waals surface area contributed by atoms with E-state index >= 15 is 0 Å². The first kappa shape index (κ1) is 14.6. The number of nitrogens with zero attached hydrogens (tertiary/aromatic N) is 1. The Labute approximate surface area is 131 Å². The number of benzene rings is 2.